The van der Waals surface area contributed by atoms with Gasteiger partial charge in [-0.2, -0.15) is 0 Å². The summed E-state index contributed by atoms with van der Waals surface area (Å²) in [5.74, 6) is -0.258. The number of likely N-dealkylation sites (N-methyl/N-ethyl adjacent to an activating group) is 1. The van der Waals surface area contributed by atoms with Crippen molar-refractivity contribution in [2.75, 3.05) is 13.7 Å². The molecule has 1 aromatic rings. The molecule has 1 aromatic carbocycles. The van der Waals surface area contributed by atoms with Crippen LogP contribution in [0, 0.1) is 5.82 Å². The second kappa shape index (κ2) is 5.91. The van der Waals surface area contributed by atoms with E-state index >= 15 is 0 Å². The van der Waals surface area contributed by atoms with Crippen molar-refractivity contribution >= 4 is 12.4 Å². The summed E-state index contributed by atoms with van der Waals surface area (Å²) in [7, 11) is 1.75. The fourth-order valence-corrected chi connectivity index (χ4v) is 1.06. The van der Waals surface area contributed by atoms with E-state index in [1.165, 1.54) is 12.1 Å². The molecular formula is C9H13ClFNO. The van der Waals surface area contributed by atoms with E-state index in [4.69, 9.17) is 5.11 Å². The van der Waals surface area contributed by atoms with Crippen LogP contribution in [0.5, 0.6) is 0 Å². The average Bonchev–Trinajstić information content (AvgIpc) is 2.10. The highest BCUT2D eigenvalue weighted by Gasteiger charge is 2.06. The minimum atomic E-state index is -0.258. The highest BCUT2D eigenvalue weighted by Crippen LogP contribution is 2.11. The third kappa shape index (κ3) is 3.30. The van der Waals surface area contributed by atoms with Gasteiger partial charge < -0.3 is 10.4 Å². The molecule has 13 heavy (non-hydrogen) atoms. The van der Waals surface area contributed by atoms with Gasteiger partial charge in [0.25, 0.3) is 0 Å². The summed E-state index contributed by atoms with van der Waals surface area (Å²) in [5, 5.41) is 11.8. The van der Waals surface area contributed by atoms with Gasteiger partial charge in [-0.05, 0) is 24.7 Å². The molecule has 0 aliphatic heterocycles. The van der Waals surface area contributed by atoms with Gasteiger partial charge in [0.05, 0.1) is 12.6 Å². The predicted octanol–water partition coefficient (Wildman–Crippen LogP) is 1.50. The molecule has 74 valence electrons. The van der Waals surface area contributed by atoms with Gasteiger partial charge in [0.1, 0.15) is 5.82 Å². The van der Waals surface area contributed by atoms with Crippen LogP contribution in [0.15, 0.2) is 24.3 Å². The summed E-state index contributed by atoms with van der Waals surface area (Å²) >= 11 is 0. The highest BCUT2D eigenvalue weighted by molar-refractivity contribution is 5.85. The summed E-state index contributed by atoms with van der Waals surface area (Å²) < 4.78 is 12.5. The molecular weight excluding hydrogens is 193 g/mol. The maximum absolute atomic E-state index is 12.5. The maximum atomic E-state index is 12.5. The third-order valence-electron chi connectivity index (χ3n) is 1.80. The van der Waals surface area contributed by atoms with Crippen molar-refractivity contribution in [3.8, 4) is 0 Å². The zero-order chi connectivity index (χ0) is 8.97. The zero-order valence-corrected chi connectivity index (χ0v) is 8.14. The van der Waals surface area contributed by atoms with Gasteiger partial charge in [-0.3, -0.25) is 0 Å². The summed E-state index contributed by atoms with van der Waals surface area (Å²) in [5.41, 5.74) is 0.890. The van der Waals surface area contributed by atoms with Crippen molar-refractivity contribution in [1.82, 2.24) is 5.32 Å². The molecule has 0 aliphatic carbocycles. The van der Waals surface area contributed by atoms with Gasteiger partial charge in [0.15, 0.2) is 0 Å². The molecule has 0 fully saturated rings. The normalized spacial score (nSPS) is 11.9. The van der Waals surface area contributed by atoms with Crippen molar-refractivity contribution < 1.29 is 9.50 Å². The van der Waals surface area contributed by atoms with Crippen molar-refractivity contribution in [3.63, 3.8) is 0 Å². The lowest BCUT2D eigenvalue weighted by atomic mass is 10.1. The smallest absolute Gasteiger partial charge is 0.123 e. The number of aliphatic hydroxyl groups is 1. The van der Waals surface area contributed by atoms with E-state index in [2.05, 4.69) is 5.32 Å². The molecule has 4 heteroatoms. The fourth-order valence-electron chi connectivity index (χ4n) is 1.06. The Kier molecular flexibility index (Phi) is 5.62. The molecule has 0 spiro atoms. The first-order valence-corrected chi connectivity index (χ1v) is 3.81. The van der Waals surface area contributed by atoms with Gasteiger partial charge in [0, 0.05) is 0 Å². The van der Waals surface area contributed by atoms with E-state index < -0.39 is 0 Å². The molecule has 0 heterocycles. The van der Waals surface area contributed by atoms with E-state index in [-0.39, 0.29) is 30.9 Å². The Bertz CT molecular complexity index is 236. The van der Waals surface area contributed by atoms with Gasteiger partial charge in [-0.25, -0.2) is 4.39 Å². The molecule has 1 unspecified atom stereocenters. The Morgan fingerprint density at radius 3 is 2.31 bits per heavy atom. The Labute approximate surface area is 83.2 Å². The summed E-state index contributed by atoms with van der Waals surface area (Å²) in [6.45, 7) is 0.0160. The van der Waals surface area contributed by atoms with Crippen LogP contribution < -0.4 is 5.32 Å². The molecule has 0 amide bonds. The average molecular weight is 206 g/mol. The summed E-state index contributed by atoms with van der Waals surface area (Å²) in [6.07, 6.45) is 0. The van der Waals surface area contributed by atoms with Crippen LogP contribution in [0.4, 0.5) is 4.39 Å². The van der Waals surface area contributed by atoms with Gasteiger partial charge in [0.2, 0.25) is 0 Å². The van der Waals surface area contributed by atoms with Crippen LogP contribution >= 0.6 is 12.4 Å². The zero-order valence-electron chi connectivity index (χ0n) is 7.33. The van der Waals surface area contributed by atoms with E-state index in [0.29, 0.717) is 0 Å². The predicted molar refractivity (Wildman–Crippen MR) is 52.5 cm³/mol. The number of aliphatic hydroxyl groups excluding tert-OH is 1. The highest BCUT2D eigenvalue weighted by atomic mass is 35.5. The van der Waals surface area contributed by atoms with Crippen LogP contribution in [-0.2, 0) is 0 Å². The lowest BCUT2D eigenvalue weighted by molar-refractivity contribution is 0.251. The SMILES string of the molecule is CNC(CO)c1ccc(F)cc1.Cl. The second-order valence-corrected chi connectivity index (χ2v) is 2.58. The molecule has 0 aliphatic rings. The molecule has 0 saturated carbocycles. The minimum absolute atomic E-state index is 0. The first kappa shape index (κ1) is 12.4. The van der Waals surface area contributed by atoms with E-state index in [9.17, 15) is 4.39 Å². The quantitative estimate of drug-likeness (QED) is 0.784. The molecule has 0 aromatic heterocycles. The fraction of sp³-hybridized carbons (Fsp3) is 0.333. The standard InChI is InChI=1S/C9H12FNO.ClH/c1-11-9(6-12)7-2-4-8(10)5-3-7;/h2-5,9,11-12H,6H2,1H3;1H. The van der Waals surface area contributed by atoms with E-state index in [1.54, 1.807) is 19.2 Å². The Morgan fingerprint density at radius 2 is 1.92 bits per heavy atom. The molecule has 1 rings (SSSR count). The lowest BCUT2D eigenvalue weighted by Crippen LogP contribution is -2.19. The number of rotatable bonds is 3. The molecule has 0 saturated heterocycles. The Balaban J connectivity index is 0.00000144. The molecule has 2 nitrogen and oxygen atoms in total. The number of nitrogens with one attached hydrogen (secondary N) is 1. The van der Waals surface area contributed by atoms with Crippen molar-refractivity contribution in [1.29, 1.82) is 0 Å². The summed E-state index contributed by atoms with van der Waals surface area (Å²) in [4.78, 5) is 0. The van der Waals surface area contributed by atoms with Crippen molar-refractivity contribution in [2.24, 2.45) is 0 Å². The van der Waals surface area contributed by atoms with Crippen LogP contribution in [0.25, 0.3) is 0 Å². The molecule has 1 atom stereocenters. The number of hydrogen-bond donors (Lipinski definition) is 2. The van der Waals surface area contributed by atoms with Gasteiger partial charge in [-0.15, -0.1) is 12.4 Å². The topological polar surface area (TPSA) is 32.3 Å². The lowest BCUT2D eigenvalue weighted by Gasteiger charge is -2.12. The van der Waals surface area contributed by atoms with E-state index in [0.717, 1.165) is 5.56 Å². The van der Waals surface area contributed by atoms with Crippen LogP contribution in [0.1, 0.15) is 11.6 Å². The van der Waals surface area contributed by atoms with Crippen LogP contribution in [-0.4, -0.2) is 18.8 Å². The number of hydrogen-bond acceptors (Lipinski definition) is 2. The van der Waals surface area contributed by atoms with Gasteiger partial charge in [-0.1, -0.05) is 12.1 Å². The summed E-state index contributed by atoms with van der Waals surface area (Å²) in [6, 6.07) is 5.98. The van der Waals surface area contributed by atoms with Crippen LogP contribution in [0.3, 0.4) is 0 Å². The minimum Gasteiger partial charge on any atom is -0.394 e. The maximum Gasteiger partial charge on any atom is 0.123 e. The molecule has 2 N–H and O–H groups in total. The van der Waals surface area contributed by atoms with Crippen molar-refractivity contribution in [2.45, 2.75) is 6.04 Å². The monoisotopic (exact) mass is 205 g/mol. The Hall–Kier alpha value is -0.640. The second-order valence-electron chi connectivity index (χ2n) is 2.58. The largest absolute Gasteiger partial charge is 0.394 e. The first-order valence-electron chi connectivity index (χ1n) is 3.81. The van der Waals surface area contributed by atoms with Crippen molar-refractivity contribution in [3.05, 3.63) is 35.6 Å². The number of halogens is 2. The first-order chi connectivity index (χ1) is 5.77. The van der Waals surface area contributed by atoms with E-state index in [1.807, 2.05) is 0 Å². The van der Waals surface area contributed by atoms with Crippen LogP contribution in [0.2, 0.25) is 0 Å². The third-order valence-corrected chi connectivity index (χ3v) is 1.80. The Morgan fingerprint density at radius 1 is 1.38 bits per heavy atom. The van der Waals surface area contributed by atoms with Gasteiger partial charge >= 0.3 is 0 Å². The molecule has 0 radical (unpaired) electrons. The number of benzene rings is 1. The molecule has 0 bridgehead atoms.